The zero-order chi connectivity index (χ0) is 20.1. The molecule has 186 valence electrons. The van der Waals surface area contributed by atoms with E-state index in [1.54, 1.807) is 6.92 Å². The highest BCUT2D eigenvalue weighted by molar-refractivity contribution is 5.85. The second kappa shape index (κ2) is 14.6. The van der Waals surface area contributed by atoms with E-state index in [1.165, 1.54) is 24.0 Å². The number of amides is 1. The monoisotopic (exact) mass is 499 g/mol. The Labute approximate surface area is 210 Å². The molecule has 0 aliphatic carbocycles. The topological polar surface area (TPSA) is 107 Å². The summed E-state index contributed by atoms with van der Waals surface area (Å²) in [5, 5.41) is 7.02. The van der Waals surface area contributed by atoms with Crippen molar-refractivity contribution in [2.24, 2.45) is 0 Å². The van der Waals surface area contributed by atoms with Crippen LogP contribution in [0.25, 0.3) is 0 Å². The van der Waals surface area contributed by atoms with Crippen molar-refractivity contribution in [3.8, 4) is 0 Å². The van der Waals surface area contributed by atoms with Gasteiger partial charge in [-0.2, -0.15) is 0 Å². The minimum absolute atomic E-state index is 0. The van der Waals surface area contributed by atoms with Crippen LogP contribution in [0.3, 0.4) is 0 Å². The van der Waals surface area contributed by atoms with Gasteiger partial charge in [0.1, 0.15) is 0 Å². The molecule has 2 aromatic carbocycles. The first-order chi connectivity index (χ1) is 14.1. The van der Waals surface area contributed by atoms with Gasteiger partial charge in [-0.05, 0) is 49.8 Å². The Bertz CT molecular complexity index is 803. The fourth-order valence-corrected chi connectivity index (χ4v) is 5.22. The first kappa shape index (κ1) is 31.3. The molecule has 0 aromatic heterocycles. The third kappa shape index (κ3) is 7.95. The standard InChI is InChI=1S/C25H33N3O.2ClH.2H2O/c1-20(29)27-25(22-10-6-3-7-11-22)13-16-28(17-14-25)24-12-15-26-23(19-24)18-21-8-4-2-5-9-21;;;;/h2-11,23-24,26H,12-19H2,1H3,(H,27,29);2*1H;2*1H2/t23-,24+;;;;/m1..../s1. The Balaban J connectivity index is 0.00000256. The maximum atomic E-state index is 12.0. The van der Waals surface area contributed by atoms with Crippen LogP contribution in [0.4, 0.5) is 0 Å². The van der Waals surface area contributed by atoms with E-state index in [2.05, 4.69) is 70.1 Å². The van der Waals surface area contributed by atoms with Crippen LogP contribution >= 0.6 is 24.8 Å². The molecule has 2 fully saturated rings. The smallest absolute Gasteiger partial charge is 0.217 e. The molecule has 2 aromatic rings. The average molecular weight is 501 g/mol. The Morgan fingerprint density at radius 2 is 1.58 bits per heavy atom. The SMILES string of the molecule is CC(=O)NC1(c2ccccc2)CCN([C@H]2CCN[C@H](Cc3ccccc3)C2)CC1.Cl.Cl.O.O. The van der Waals surface area contributed by atoms with Crippen LogP contribution in [-0.2, 0) is 16.8 Å². The number of rotatable bonds is 5. The highest BCUT2D eigenvalue weighted by Gasteiger charge is 2.39. The fraction of sp³-hybridized carbons (Fsp3) is 0.480. The van der Waals surface area contributed by atoms with E-state index < -0.39 is 0 Å². The number of hydrogen-bond acceptors (Lipinski definition) is 3. The number of likely N-dealkylation sites (tertiary alicyclic amines) is 1. The zero-order valence-electron chi connectivity index (χ0n) is 19.3. The summed E-state index contributed by atoms with van der Waals surface area (Å²) >= 11 is 0. The maximum absolute atomic E-state index is 12.0. The number of piperidine rings is 2. The number of carbonyl (C=O) groups is 1. The third-order valence-corrected chi connectivity index (χ3v) is 6.70. The maximum Gasteiger partial charge on any atom is 0.217 e. The van der Waals surface area contributed by atoms with Crippen molar-refractivity contribution in [2.45, 2.75) is 56.7 Å². The predicted molar refractivity (Wildman–Crippen MR) is 139 cm³/mol. The summed E-state index contributed by atoms with van der Waals surface area (Å²) in [5.74, 6) is 0.0621. The van der Waals surface area contributed by atoms with Crippen LogP contribution in [0.5, 0.6) is 0 Å². The van der Waals surface area contributed by atoms with Gasteiger partial charge in [0.15, 0.2) is 0 Å². The van der Waals surface area contributed by atoms with Crippen LogP contribution in [0, 0.1) is 0 Å². The molecule has 6 N–H and O–H groups in total. The molecule has 1 amide bonds. The molecule has 0 bridgehead atoms. The number of carbonyl (C=O) groups excluding carboxylic acids is 1. The van der Waals surface area contributed by atoms with Crippen molar-refractivity contribution in [3.63, 3.8) is 0 Å². The fourth-order valence-electron chi connectivity index (χ4n) is 5.22. The van der Waals surface area contributed by atoms with Gasteiger partial charge in [0.05, 0.1) is 5.54 Å². The minimum Gasteiger partial charge on any atom is -0.412 e. The van der Waals surface area contributed by atoms with Crippen LogP contribution in [0.1, 0.15) is 43.7 Å². The number of benzene rings is 2. The van der Waals surface area contributed by atoms with Crippen LogP contribution in [0.2, 0.25) is 0 Å². The van der Waals surface area contributed by atoms with E-state index in [0.717, 1.165) is 38.9 Å². The van der Waals surface area contributed by atoms with Gasteiger partial charge in [0, 0.05) is 32.1 Å². The van der Waals surface area contributed by atoms with E-state index in [4.69, 9.17) is 0 Å². The second-order valence-corrected chi connectivity index (χ2v) is 8.68. The number of nitrogens with one attached hydrogen (secondary N) is 2. The number of nitrogens with zero attached hydrogens (tertiary/aromatic N) is 1. The molecule has 0 saturated carbocycles. The van der Waals surface area contributed by atoms with Crippen LogP contribution in [0.15, 0.2) is 60.7 Å². The van der Waals surface area contributed by atoms with E-state index >= 15 is 0 Å². The average Bonchev–Trinajstić information content (AvgIpc) is 2.75. The van der Waals surface area contributed by atoms with Crippen molar-refractivity contribution in [1.29, 1.82) is 0 Å². The van der Waals surface area contributed by atoms with Crippen LogP contribution < -0.4 is 10.6 Å². The molecular weight excluding hydrogens is 461 g/mol. The summed E-state index contributed by atoms with van der Waals surface area (Å²) in [5.41, 5.74) is 2.43. The van der Waals surface area contributed by atoms with E-state index in [0.29, 0.717) is 12.1 Å². The summed E-state index contributed by atoms with van der Waals surface area (Å²) < 4.78 is 0. The Hall–Kier alpha value is -1.67. The molecule has 0 spiro atoms. The molecular formula is C25H39Cl2N3O3. The van der Waals surface area contributed by atoms with Gasteiger partial charge >= 0.3 is 0 Å². The molecule has 4 rings (SSSR count). The van der Waals surface area contributed by atoms with Gasteiger partial charge in [0.25, 0.3) is 0 Å². The lowest BCUT2D eigenvalue weighted by molar-refractivity contribution is -0.121. The molecule has 2 heterocycles. The molecule has 0 radical (unpaired) electrons. The molecule has 2 aliphatic rings. The molecule has 2 aliphatic heterocycles. The molecule has 2 saturated heterocycles. The highest BCUT2D eigenvalue weighted by atomic mass is 35.5. The normalized spacial score (nSPS) is 21.7. The van der Waals surface area contributed by atoms with E-state index in [-0.39, 0.29) is 47.2 Å². The molecule has 8 heteroatoms. The number of halogens is 2. The summed E-state index contributed by atoms with van der Waals surface area (Å²) in [6.45, 7) is 4.81. The van der Waals surface area contributed by atoms with Gasteiger partial charge in [-0.25, -0.2) is 0 Å². The lowest BCUT2D eigenvalue weighted by Crippen LogP contribution is -2.56. The molecule has 33 heavy (non-hydrogen) atoms. The first-order valence-electron chi connectivity index (χ1n) is 11.0. The van der Waals surface area contributed by atoms with Crippen molar-refractivity contribution in [3.05, 3.63) is 71.8 Å². The van der Waals surface area contributed by atoms with Crippen LogP contribution in [-0.4, -0.2) is 53.5 Å². The van der Waals surface area contributed by atoms with Crippen molar-refractivity contribution < 1.29 is 15.7 Å². The Morgan fingerprint density at radius 1 is 1.00 bits per heavy atom. The largest absolute Gasteiger partial charge is 0.412 e. The quantitative estimate of drug-likeness (QED) is 0.659. The highest BCUT2D eigenvalue weighted by Crippen LogP contribution is 2.35. The van der Waals surface area contributed by atoms with Gasteiger partial charge < -0.3 is 26.5 Å². The summed E-state index contributed by atoms with van der Waals surface area (Å²) in [6, 6.07) is 22.5. The zero-order valence-corrected chi connectivity index (χ0v) is 20.9. The Kier molecular flexibility index (Phi) is 13.8. The Morgan fingerprint density at radius 3 is 2.15 bits per heavy atom. The van der Waals surface area contributed by atoms with Gasteiger partial charge in [-0.15, -0.1) is 24.8 Å². The molecule has 2 atom stereocenters. The van der Waals surface area contributed by atoms with Gasteiger partial charge in [-0.1, -0.05) is 60.7 Å². The van der Waals surface area contributed by atoms with E-state index in [1.807, 2.05) is 6.07 Å². The third-order valence-electron chi connectivity index (χ3n) is 6.70. The van der Waals surface area contributed by atoms with E-state index in [9.17, 15) is 4.79 Å². The van der Waals surface area contributed by atoms with Crippen molar-refractivity contribution >= 4 is 30.7 Å². The number of hydrogen-bond donors (Lipinski definition) is 2. The second-order valence-electron chi connectivity index (χ2n) is 8.68. The lowest BCUT2D eigenvalue weighted by Gasteiger charge is -2.47. The first-order valence-corrected chi connectivity index (χ1v) is 11.0. The summed E-state index contributed by atoms with van der Waals surface area (Å²) in [4.78, 5) is 14.6. The molecule has 0 unspecified atom stereocenters. The molecule has 6 nitrogen and oxygen atoms in total. The lowest BCUT2D eigenvalue weighted by atomic mass is 9.79. The predicted octanol–water partition coefficient (Wildman–Crippen LogP) is 2.67. The summed E-state index contributed by atoms with van der Waals surface area (Å²) in [7, 11) is 0. The minimum atomic E-state index is -0.222. The van der Waals surface area contributed by atoms with Crippen molar-refractivity contribution in [1.82, 2.24) is 15.5 Å². The van der Waals surface area contributed by atoms with Gasteiger partial charge in [0.2, 0.25) is 5.91 Å². The summed E-state index contributed by atoms with van der Waals surface area (Å²) in [6.07, 6.45) is 5.47. The van der Waals surface area contributed by atoms with Gasteiger partial charge in [-0.3, -0.25) is 4.79 Å². The van der Waals surface area contributed by atoms with Crippen molar-refractivity contribution in [2.75, 3.05) is 19.6 Å².